The molecule has 0 aliphatic heterocycles. The first-order valence-corrected chi connectivity index (χ1v) is 9.31. The second-order valence-electron chi connectivity index (χ2n) is 4.03. The van der Waals surface area contributed by atoms with E-state index in [9.17, 15) is 19.8 Å². The standard InChI is InChI=1S/2C6H13NO3S.Ca/c2*1-11-3-2-5(6(9)10)7-4-8;/h2*5,7-8H,2-4H2,1H3,(H,9,10);/p-2/t2*5-;/m00./s1. The van der Waals surface area contributed by atoms with Crippen molar-refractivity contribution in [1.29, 1.82) is 0 Å². The van der Waals surface area contributed by atoms with Crippen LogP contribution in [0.4, 0.5) is 0 Å². The summed E-state index contributed by atoms with van der Waals surface area (Å²) in [7, 11) is 0. The zero-order valence-corrected chi connectivity index (χ0v) is 17.3. The molecule has 0 bridgehead atoms. The van der Waals surface area contributed by atoms with Gasteiger partial charge in [-0.15, -0.1) is 0 Å². The second kappa shape index (κ2) is 20.8. The van der Waals surface area contributed by atoms with Crippen LogP contribution < -0.4 is 20.8 Å². The molecule has 0 spiro atoms. The Morgan fingerprint density at radius 3 is 1.39 bits per heavy atom. The van der Waals surface area contributed by atoms with Gasteiger partial charge in [-0.1, -0.05) is 0 Å². The van der Waals surface area contributed by atoms with E-state index in [1.807, 2.05) is 12.5 Å². The molecule has 0 saturated heterocycles. The molecule has 11 heteroatoms. The summed E-state index contributed by atoms with van der Waals surface area (Å²) in [6.07, 6.45) is 4.74. The molecule has 0 aliphatic carbocycles. The molecule has 4 N–H and O–H groups in total. The molecule has 0 saturated carbocycles. The van der Waals surface area contributed by atoms with Crippen LogP contribution in [0.25, 0.3) is 0 Å². The van der Waals surface area contributed by atoms with E-state index in [2.05, 4.69) is 10.6 Å². The van der Waals surface area contributed by atoms with Crippen LogP contribution in [0, 0.1) is 0 Å². The van der Waals surface area contributed by atoms with E-state index >= 15 is 0 Å². The SMILES string of the molecule is CSCC[C@H](NCO)C(=O)[O-].CSCC[C@H](NCO)C(=O)[O-].[Ca]. The predicted molar refractivity (Wildman–Crippen MR) is 89.8 cm³/mol. The van der Waals surface area contributed by atoms with Crippen LogP contribution in [0.1, 0.15) is 12.8 Å². The summed E-state index contributed by atoms with van der Waals surface area (Å²) in [6, 6.07) is -1.46. The van der Waals surface area contributed by atoms with Crippen LogP contribution in [-0.2, 0) is 9.59 Å². The zero-order valence-electron chi connectivity index (χ0n) is 13.4. The minimum absolute atomic E-state index is 0. The molecule has 0 rings (SSSR count). The number of carboxylic acid groups (broad SMARTS) is 2. The third-order valence-corrected chi connectivity index (χ3v) is 3.75. The Morgan fingerprint density at radius 2 is 1.22 bits per heavy atom. The summed E-state index contributed by atoms with van der Waals surface area (Å²) in [6.45, 7) is -0.653. The Balaban J connectivity index is -0.000000333. The molecule has 23 heavy (non-hydrogen) atoms. The number of hydrogen-bond acceptors (Lipinski definition) is 10. The van der Waals surface area contributed by atoms with Crippen molar-refractivity contribution in [2.24, 2.45) is 0 Å². The number of aliphatic hydroxyl groups excluding tert-OH is 2. The van der Waals surface area contributed by atoms with Gasteiger partial charge >= 0.3 is 0 Å². The number of carbonyl (C=O) groups is 2. The summed E-state index contributed by atoms with van der Waals surface area (Å²) >= 11 is 3.12. The largest absolute Gasteiger partial charge is 0.548 e. The fourth-order valence-corrected chi connectivity index (χ4v) is 2.24. The van der Waals surface area contributed by atoms with Gasteiger partial charge in [0.1, 0.15) is 0 Å². The molecule has 0 aromatic carbocycles. The molecule has 0 aromatic heterocycles. The van der Waals surface area contributed by atoms with Gasteiger partial charge in [0.25, 0.3) is 0 Å². The molecule has 0 aromatic rings. The fraction of sp³-hybridized carbons (Fsp3) is 0.833. The van der Waals surface area contributed by atoms with Crippen molar-refractivity contribution >= 4 is 73.2 Å². The number of nitrogens with one attached hydrogen (secondary N) is 2. The number of carbonyl (C=O) groups excluding carboxylic acids is 2. The molecule has 2 radical (unpaired) electrons. The third kappa shape index (κ3) is 18.9. The summed E-state index contributed by atoms with van der Waals surface area (Å²) in [4.78, 5) is 20.6. The Hall–Kier alpha value is 0.740. The molecule has 0 unspecified atom stereocenters. The third-order valence-electron chi connectivity index (χ3n) is 2.47. The topological polar surface area (TPSA) is 145 Å². The van der Waals surface area contributed by atoms with Gasteiger partial charge in [0.2, 0.25) is 0 Å². The van der Waals surface area contributed by atoms with E-state index in [0.717, 1.165) is 11.5 Å². The van der Waals surface area contributed by atoms with Crippen LogP contribution in [-0.4, -0.2) is 109 Å². The fourth-order valence-electron chi connectivity index (χ4n) is 1.30. The van der Waals surface area contributed by atoms with Crippen LogP contribution in [0.3, 0.4) is 0 Å². The number of thioether (sulfide) groups is 2. The maximum absolute atomic E-state index is 10.3. The molecule has 8 nitrogen and oxygen atoms in total. The van der Waals surface area contributed by atoms with E-state index in [4.69, 9.17) is 10.2 Å². The first-order chi connectivity index (χ1) is 10.4. The number of rotatable bonds is 12. The van der Waals surface area contributed by atoms with E-state index in [1.54, 1.807) is 23.5 Å². The normalized spacial score (nSPS) is 12.3. The monoisotopic (exact) mass is 396 g/mol. The van der Waals surface area contributed by atoms with Gasteiger partial charge in [-0.3, -0.25) is 10.6 Å². The molecular weight excluding hydrogens is 372 g/mol. The summed E-state index contributed by atoms with van der Waals surface area (Å²) < 4.78 is 0. The van der Waals surface area contributed by atoms with E-state index in [1.165, 1.54) is 0 Å². The number of carboxylic acids is 2. The van der Waals surface area contributed by atoms with Crippen molar-refractivity contribution in [2.45, 2.75) is 24.9 Å². The van der Waals surface area contributed by atoms with Gasteiger partial charge in [-0.2, -0.15) is 23.5 Å². The van der Waals surface area contributed by atoms with Gasteiger partial charge in [0.15, 0.2) is 0 Å². The molecule has 134 valence electrons. The first-order valence-electron chi connectivity index (χ1n) is 6.52. The number of hydrogen-bond donors (Lipinski definition) is 4. The van der Waals surface area contributed by atoms with E-state index in [0.29, 0.717) is 12.8 Å². The van der Waals surface area contributed by atoms with Crippen molar-refractivity contribution in [2.75, 3.05) is 37.5 Å². The molecule has 0 fully saturated rings. The Kier molecular flexibility index (Phi) is 25.8. The second-order valence-corrected chi connectivity index (χ2v) is 6.00. The Morgan fingerprint density at radius 1 is 0.913 bits per heavy atom. The van der Waals surface area contributed by atoms with E-state index in [-0.39, 0.29) is 51.2 Å². The smallest absolute Gasteiger partial charge is 0.0936 e. The molecule has 2 atom stereocenters. The summed E-state index contributed by atoms with van der Waals surface area (Å²) in [5.74, 6) is -0.835. The van der Waals surface area contributed by atoms with Gasteiger partial charge in [0, 0.05) is 49.8 Å². The number of aliphatic carboxylic acids is 2. The average Bonchev–Trinajstić information content (AvgIpc) is 2.48. The molecule has 0 aliphatic rings. The van der Waals surface area contributed by atoms with E-state index < -0.39 is 24.0 Å². The van der Waals surface area contributed by atoms with Gasteiger partial charge < -0.3 is 30.0 Å². The van der Waals surface area contributed by atoms with Crippen molar-refractivity contribution in [3.63, 3.8) is 0 Å². The maximum atomic E-state index is 10.3. The summed E-state index contributed by atoms with van der Waals surface area (Å²) in [5.41, 5.74) is 0. The van der Waals surface area contributed by atoms with Crippen LogP contribution >= 0.6 is 23.5 Å². The summed E-state index contributed by atoms with van der Waals surface area (Å²) in [5, 5.41) is 42.1. The van der Waals surface area contributed by atoms with Gasteiger partial charge in [0.05, 0.1) is 25.4 Å². The van der Waals surface area contributed by atoms with Crippen LogP contribution in [0.5, 0.6) is 0 Å². The molecule has 0 amide bonds. The van der Waals surface area contributed by atoms with Crippen molar-refractivity contribution in [1.82, 2.24) is 10.6 Å². The Bertz CT molecular complexity index is 275. The minimum atomic E-state index is -1.16. The minimum Gasteiger partial charge on any atom is -0.548 e. The van der Waals surface area contributed by atoms with Crippen LogP contribution in [0.15, 0.2) is 0 Å². The predicted octanol–water partition coefficient (Wildman–Crippen LogP) is -3.59. The van der Waals surface area contributed by atoms with Crippen LogP contribution in [0.2, 0.25) is 0 Å². The van der Waals surface area contributed by atoms with Crippen molar-refractivity contribution in [3.05, 3.63) is 0 Å². The van der Waals surface area contributed by atoms with Crippen molar-refractivity contribution < 1.29 is 30.0 Å². The van der Waals surface area contributed by atoms with Gasteiger partial charge in [-0.05, 0) is 36.9 Å². The average molecular weight is 397 g/mol. The number of aliphatic hydroxyl groups is 2. The first kappa shape index (κ1) is 28.5. The quantitative estimate of drug-likeness (QED) is 0.193. The maximum Gasteiger partial charge on any atom is 0.0936 e. The Labute approximate surface area is 175 Å². The molecule has 0 heterocycles. The van der Waals surface area contributed by atoms with Crippen molar-refractivity contribution in [3.8, 4) is 0 Å². The molecular formula is C12H24CaN2O6S2-2. The van der Waals surface area contributed by atoms with Gasteiger partial charge in [-0.25, -0.2) is 0 Å². The zero-order chi connectivity index (χ0) is 17.4.